The smallest absolute Gasteiger partial charge is 0.319 e. The summed E-state index contributed by atoms with van der Waals surface area (Å²) in [5, 5.41) is 12.0. The first-order valence-electron chi connectivity index (χ1n) is 16.9. The number of sulfonamides is 1. The topological polar surface area (TPSA) is 112 Å². The molecule has 260 valence electrons. The van der Waals surface area contributed by atoms with E-state index in [1.165, 1.54) is 35.0 Å². The van der Waals surface area contributed by atoms with Gasteiger partial charge >= 0.3 is 6.01 Å². The summed E-state index contributed by atoms with van der Waals surface area (Å²) in [4.78, 5) is 18.1. The van der Waals surface area contributed by atoms with Gasteiger partial charge in [-0.1, -0.05) is 13.0 Å². The molecule has 2 aromatic heterocycles. The second-order valence-corrected chi connectivity index (χ2v) is 16.4. The molecule has 0 aliphatic carbocycles. The Morgan fingerprint density at radius 1 is 1.08 bits per heavy atom. The summed E-state index contributed by atoms with van der Waals surface area (Å²) in [5.74, 6) is -0.898. The molecule has 10 nitrogen and oxygen atoms in total. The second-order valence-electron chi connectivity index (χ2n) is 14.4. The van der Waals surface area contributed by atoms with Gasteiger partial charge in [-0.15, -0.1) is 0 Å². The van der Waals surface area contributed by atoms with E-state index in [0.717, 1.165) is 32.2 Å². The van der Waals surface area contributed by atoms with Crippen molar-refractivity contribution in [3.63, 3.8) is 0 Å². The van der Waals surface area contributed by atoms with Crippen LogP contribution >= 0.6 is 0 Å². The minimum Gasteiger partial charge on any atom is -0.508 e. The van der Waals surface area contributed by atoms with Crippen LogP contribution in [0.3, 0.4) is 0 Å². The molecule has 4 aliphatic rings. The van der Waals surface area contributed by atoms with Gasteiger partial charge in [0, 0.05) is 56.3 Å². The first-order valence-corrected chi connectivity index (χ1v) is 18.8. The number of halogens is 3. The van der Waals surface area contributed by atoms with Gasteiger partial charge in [-0.3, -0.25) is 9.88 Å². The van der Waals surface area contributed by atoms with Gasteiger partial charge in [0.1, 0.15) is 41.4 Å². The summed E-state index contributed by atoms with van der Waals surface area (Å²) >= 11 is 0. The van der Waals surface area contributed by atoms with Crippen LogP contribution in [0.5, 0.6) is 11.8 Å². The van der Waals surface area contributed by atoms with Gasteiger partial charge in [0.15, 0.2) is 5.82 Å². The molecule has 14 heteroatoms. The molecule has 4 aliphatic heterocycles. The Bertz CT molecular complexity index is 2100. The second kappa shape index (κ2) is 11.7. The molecule has 0 radical (unpaired) electrons. The Kier molecular flexibility index (Phi) is 7.72. The van der Waals surface area contributed by atoms with Crippen LogP contribution in [-0.2, 0) is 16.4 Å². The van der Waals surface area contributed by atoms with Gasteiger partial charge in [-0.25, -0.2) is 25.9 Å². The number of piperidine rings is 1. The average molecular weight is 697 g/mol. The van der Waals surface area contributed by atoms with E-state index in [2.05, 4.69) is 14.9 Å². The van der Waals surface area contributed by atoms with Crippen molar-refractivity contribution in [3.8, 4) is 23.0 Å². The minimum atomic E-state index is -3.32. The number of hydrogen-bond donors (Lipinski definition) is 1. The highest BCUT2D eigenvalue weighted by atomic mass is 32.2. The molecule has 4 fully saturated rings. The monoisotopic (exact) mass is 696 g/mol. The number of benzene rings is 2. The third-order valence-electron chi connectivity index (χ3n) is 11.1. The molecule has 6 heterocycles. The number of nitrogens with zero attached hydrogens (tertiary/aromatic N) is 6. The van der Waals surface area contributed by atoms with Crippen molar-refractivity contribution in [2.24, 2.45) is 5.41 Å². The SMILES string of the molecule is CCc1c(F)ccc2cc(O)cc(-c3ncc4c(N5CCCC6(C5)CN(S(C)(=O)=O)C6)nc(OC[C@@]56CCCN5C[C@H](F)C6)nc4c3F)c12. The van der Waals surface area contributed by atoms with Gasteiger partial charge in [0.05, 0.1) is 17.2 Å². The average Bonchev–Trinajstić information content (AvgIpc) is 3.57. The van der Waals surface area contributed by atoms with Crippen LogP contribution in [0.1, 0.15) is 44.6 Å². The molecule has 0 saturated carbocycles. The maximum atomic E-state index is 17.0. The summed E-state index contributed by atoms with van der Waals surface area (Å²) < 4.78 is 78.6. The maximum absolute atomic E-state index is 17.0. The lowest BCUT2D eigenvalue weighted by Crippen LogP contribution is -2.64. The molecular formula is C35H39F3N6O4S. The van der Waals surface area contributed by atoms with E-state index in [0.29, 0.717) is 73.1 Å². The first kappa shape index (κ1) is 32.5. The Labute approximate surface area is 283 Å². The highest BCUT2D eigenvalue weighted by Gasteiger charge is 2.50. The zero-order valence-electron chi connectivity index (χ0n) is 27.6. The number of aromatic nitrogens is 3. The fourth-order valence-corrected chi connectivity index (χ4v) is 9.79. The van der Waals surface area contributed by atoms with E-state index in [-0.39, 0.29) is 40.6 Å². The zero-order valence-corrected chi connectivity index (χ0v) is 28.4. The van der Waals surface area contributed by atoms with Crippen LogP contribution in [-0.4, -0.2) is 102 Å². The predicted octanol–water partition coefficient (Wildman–Crippen LogP) is 5.21. The largest absolute Gasteiger partial charge is 0.508 e. The third-order valence-corrected chi connectivity index (χ3v) is 12.3. The molecule has 1 N–H and O–H groups in total. The molecule has 0 amide bonds. The Morgan fingerprint density at radius 3 is 2.65 bits per heavy atom. The lowest BCUT2D eigenvalue weighted by Gasteiger charge is -2.53. The third kappa shape index (κ3) is 5.46. The Balaban J connectivity index is 1.24. The van der Waals surface area contributed by atoms with Crippen molar-refractivity contribution >= 4 is 37.5 Å². The van der Waals surface area contributed by atoms with Gasteiger partial charge < -0.3 is 14.7 Å². The summed E-state index contributed by atoms with van der Waals surface area (Å²) in [6.07, 6.45) is 5.80. The fourth-order valence-electron chi connectivity index (χ4n) is 8.78. The van der Waals surface area contributed by atoms with E-state index in [1.54, 1.807) is 6.07 Å². The lowest BCUT2D eigenvalue weighted by atomic mass is 9.75. The molecule has 2 aromatic carbocycles. The van der Waals surface area contributed by atoms with Crippen LogP contribution in [0.25, 0.3) is 32.9 Å². The van der Waals surface area contributed by atoms with E-state index in [4.69, 9.17) is 9.72 Å². The van der Waals surface area contributed by atoms with Gasteiger partial charge in [-0.2, -0.15) is 9.97 Å². The number of phenolic OH excluding ortho intramolecular Hbond substituents is 1. The Hall–Kier alpha value is -3.75. The van der Waals surface area contributed by atoms with Gasteiger partial charge in [0.2, 0.25) is 10.0 Å². The zero-order chi connectivity index (χ0) is 34.3. The number of hydrogen-bond acceptors (Lipinski definition) is 9. The molecule has 4 saturated heterocycles. The summed E-state index contributed by atoms with van der Waals surface area (Å²) in [6.45, 7) is 5.01. The molecule has 0 unspecified atom stereocenters. The highest BCUT2D eigenvalue weighted by Crippen LogP contribution is 2.44. The molecule has 0 bridgehead atoms. The standard InChI is InChI=1S/C35H39F3N6O4S/c1-3-24-27(37)7-6-21-12-23(45)13-25(28(21)24)30-29(38)31-26(15-39-30)32(42-10-4-8-34(17-42)18-44(19-34)49(2,46)47)41-33(40-31)48-20-35-9-5-11-43(35)16-22(36)14-35/h6-7,12-13,15,22,45H,3-5,8-11,14,16-20H2,1-2H3/t22-,35+/m1/s1. The Morgan fingerprint density at radius 2 is 1.88 bits per heavy atom. The molecule has 2 atom stereocenters. The molecule has 8 rings (SSSR count). The highest BCUT2D eigenvalue weighted by molar-refractivity contribution is 7.88. The van der Waals surface area contributed by atoms with Crippen LogP contribution in [0.4, 0.5) is 19.0 Å². The van der Waals surface area contributed by atoms with Crippen molar-refractivity contribution < 1.29 is 31.4 Å². The normalized spacial score (nSPS) is 24.2. The van der Waals surface area contributed by atoms with Crippen molar-refractivity contribution in [1.29, 1.82) is 0 Å². The number of anilines is 1. The number of ether oxygens (including phenoxy) is 1. The van der Waals surface area contributed by atoms with Crippen molar-refractivity contribution in [3.05, 3.63) is 47.7 Å². The summed E-state index contributed by atoms with van der Waals surface area (Å²) in [7, 11) is -3.32. The molecule has 1 spiro atoms. The van der Waals surface area contributed by atoms with Crippen LogP contribution < -0.4 is 9.64 Å². The number of phenols is 1. The van der Waals surface area contributed by atoms with Crippen molar-refractivity contribution in [2.45, 2.75) is 57.2 Å². The number of pyridine rings is 1. The van der Waals surface area contributed by atoms with Crippen molar-refractivity contribution in [1.82, 2.24) is 24.2 Å². The molecule has 4 aromatic rings. The van der Waals surface area contributed by atoms with Crippen LogP contribution in [0, 0.1) is 17.0 Å². The summed E-state index contributed by atoms with van der Waals surface area (Å²) in [6, 6.07) is 5.73. The quantitative estimate of drug-likeness (QED) is 0.279. The maximum Gasteiger partial charge on any atom is 0.319 e. The number of rotatable bonds is 7. The molecular weight excluding hydrogens is 657 g/mol. The van der Waals surface area contributed by atoms with E-state index in [9.17, 15) is 17.9 Å². The first-order chi connectivity index (χ1) is 23.4. The molecule has 49 heavy (non-hydrogen) atoms. The lowest BCUT2D eigenvalue weighted by molar-refractivity contribution is 0.0540. The van der Waals surface area contributed by atoms with Crippen LogP contribution in [0.2, 0.25) is 0 Å². The van der Waals surface area contributed by atoms with Crippen LogP contribution in [0.15, 0.2) is 30.5 Å². The number of fused-ring (bicyclic) bond motifs is 3. The fraction of sp³-hybridized carbons (Fsp3) is 0.514. The minimum absolute atomic E-state index is 0.0440. The predicted molar refractivity (Wildman–Crippen MR) is 180 cm³/mol. The van der Waals surface area contributed by atoms with Gasteiger partial charge in [-0.05, 0) is 73.2 Å². The van der Waals surface area contributed by atoms with E-state index in [1.807, 2.05) is 11.8 Å². The number of alkyl halides is 1. The number of aryl methyl sites for hydroxylation is 1. The summed E-state index contributed by atoms with van der Waals surface area (Å²) in [5.41, 5.74) is -0.267. The number of aromatic hydroxyl groups is 1. The van der Waals surface area contributed by atoms with E-state index < -0.39 is 33.4 Å². The van der Waals surface area contributed by atoms with Crippen molar-refractivity contribution in [2.75, 3.05) is 57.0 Å². The van der Waals surface area contributed by atoms with Gasteiger partial charge in [0.25, 0.3) is 0 Å². The van der Waals surface area contributed by atoms with E-state index >= 15 is 8.78 Å².